The van der Waals surface area contributed by atoms with Crippen molar-refractivity contribution in [1.82, 2.24) is 0 Å². The summed E-state index contributed by atoms with van der Waals surface area (Å²) in [5.41, 5.74) is 0. The van der Waals surface area contributed by atoms with Crippen LogP contribution in [0.2, 0.25) is 0 Å². The second-order valence-corrected chi connectivity index (χ2v) is 12.4. The molecular formula is C35H70NO3+. The molecule has 2 amide bonds. The first-order chi connectivity index (χ1) is 19.0. The number of hydrogen-bond donors (Lipinski definition) is 1. The van der Waals surface area contributed by atoms with E-state index in [0.29, 0.717) is 12.8 Å². The molecule has 0 bridgehead atoms. The van der Waals surface area contributed by atoms with Crippen molar-refractivity contribution in [3.63, 3.8) is 0 Å². The van der Waals surface area contributed by atoms with Crippen LogP contribution in [0.4, 0.5) is 0 Å². The number of carbonyl (C=O) groups excluding carboxylic acids is 2. The average Bonchev–Trinajstić information content (AvgIpc) is 2.93. The van der Waals surface area contributed by atoms with Crippen LogP contribution in [0, 0.1) is 0 Å². The van der Waals surface area contributed by atoms with Gasteiger partial charge in [-0.05, 0) is 12.8 Å². The van der Waals surface area contributed by atoms with Crippen molar-refractivity contribution >= 4 is 11.8 Å². The van der Waals surface area contributed by atoms with Gasteiger partial charge in [-0.1, -0.05) is 168 Å². The second-order valence-electron chi connectivity index (χ2n) is 12.4. The van der Waals surface area contributed by atoms with Crippen molar-refractivity contribution < 1.29 is 19.2 Å². The molecule has 0 fully saturated rings. The Morgan fingerprint density at radius 1 is 0.436 bits per heavy atom. The van der Waals surface area contributed by atoms with Gasteiger partial charge in [-0.2, -0.15) is 4.48 Å². The van der Waals surface area contributed by atoms with Gasteiger partial charge in [-0.15, -0.1) is 0 Å². The third-order valence-electron chi connectivity index (χ3n) is 8.64. The molecule has 4 heteroatoms. The molecular weight excluding hydrogens is 482 g/mol. The van der Waals surface area contributed by atoms with Gasteiger partial charge in [0.15, 0.2) is 0 Å². The maximum Gasteiger partial charge on any atom is 0.320 e. The summed E-state index contributed by atoms with van der Waals surface area (Å²) in [7, 11) is 1.73. The lowest BCUT2D eigenvalue weighted by molar-refractivity contribution is -0.759. The highest BCUT2D eigenvalue weighted by molar-refractivity contribution is 5.84. The number of likely N-dealkylation sites (N-methyl/N-ethyl adjacent to an activating group) is 1. The van der Waals surface area contributed by atoms with E-state index in [1.165, 1.54) is 141 Å². The zero-order valence-corrected chi connectivity index (χ0v) is 26.9. The quantitative estimate of drug-likeness (QED) is 0.0712. The number of imide groups is 1. The summed E-state index contributed by atoms with van der Waals surface area (Å²) < 4.78 is -0.215. The van der Waals surface area contributed by atoms with E-state index in [4.69, 9.17) is 0 Å². The number of unbranched alkanes of at least 4 members (excludes halogenated alkanes) is 24. The van der Waals surface area contributed by atoms with Crippen LogP contribution in [-0.2, 0) is 9.59 Å². The maximum absolute atomic E-state index is 13.0. The fourth-order valence-electron chi connectivity index (χ4n) is 5.67. The molecule has 0 radical (unpaired) electrons. The van der Waals surface area contributed by atoms with E-state index in [1.807, 2.05) is 0 Å². The molecule has 0 saturated carbocycles. The predicted molar refractivity (Wildman–Crippen MR) is 169 cm³/mol. The number of nitrogens with zero attached hydrogens (tertiary/aromatic N) is 1. The molecule has 0 rings (SSSR count). The molecule has 0 spiro atoms. The SMILES string of the molecule is CCCCCCCCCCCCCCCC(=O)[N+](C)(CCO)C(=O)CCCCCCCCCCCCCCC. The minimum atomic E-state index is -0.215. The van der Waals surface area contributed by atoms with Crippen molar-refractivity contribution in [3.05, 3.63) is 0 Å². The van der Waals surface area contributed by atoms with E-state index < -0.39 is 0 Å². The molecule has 0 atom stereocenters. The fourth-order valence-corrected chi connectivity index (χ4v) is 5.67. The van der Waals surface area contributed by atoms with Crippen LogP contribution < -0.4 is 0 Å². The molecule has 0 saturated heterocycles. The number of amides is 2. The normalized spacial score (nSPS) is 11.8. The Balaban J connectivity index is 3.85. The summed E-state index contributed by atoms with van der Waals surface area (Å²) >= 11 is 0. The van der Waals surface area contributed by atoms with Gasteiger partial charge in [0.1, 0.15) is 6.54 Å². The lowest BCUT2D eigenvalue weighted by Crippen LogP contribution is -2.55. The van der Waals surface area contributed by atoms with Crippen LogP contribution in [0.15, 0.2) is 0 Å². The van der Waals surface area contributed by atoms with Crippen LogP contribution >= 0.6 is 0 Å². The van der Waals surface area contributed by atoms with E-state index in [2.05, 4.69) is 13.8 Å². The van der Waals surface area contributed by atoms with Crippen LogP contribution in [-0.4, -0.2) is 41.6 Å². The Morgan fingerprint density at radius 2 is 0.667 bits per heavy atom. The fraction of sp³-hybridized carbons (Fsp3) is 0.943. The zero-order chi connectivity index (χ0) is 28.9. The number of aliphatic hydroxyl groups is 1. The number of aliphatic hydroxyl groups excluding tert-OH is 1. The highest BCUT2D eigenvalue weighted by Gasteiger charge is 2.38. The largest absolute Gasteiger partial charge is 0.390 e. The third kappa shape index (κ3) is 22.6. The van der Waals surface area contributed by atoms with Gasteiger partial charge >= 0.3 is 11.8 Å². The first-order valence-electron chi connectivity index (χ1n) is 17.6. The van der Waals surface area contributed by atoms with Gasteiger partial charge in [-0.25, -0.2) is 9.59 Å². The van der Waals surface area contributed by atoms with Crippen LogP contribution in [0.1, 0.15) is 194 Å². The van der Waals surface area contributed by atoms with Crippen LogP contribution in [0.3, 0.4) is 0 Å². The Kier molecular flexibility index (Phi) is 28.2. The summed E-state index contributed by atoms with van der Waals surface area (Å²) in [5.74, 6) is -0.0152. The monoisotopic (exact) mass is 553 g/mol. The van der Waals surface area contributed by atoms with Gasteiger partial charge < -0.3 is 5.11 Å². The first kappa shape index (κ1) is 38.3. The molecule has 39 heavy (non-hydrogen) atoms. The molecule has 1 N–H and O–H groups in total. The number of rotatable bonds is 30. The summed E-state index contributed by atoms with van der Waals surface area (Å²) in [6.07, 6.45) is 34.2. The standard InChI is InChI=1S/C35H70NO3/c1-4-6-8-10-12-14-16-18-20-22-24-26-28-30-34(38)36(3,32-33-37)35(39)31-29-27-25-23-21-19-17-15-13-11-9-7-5-2/h37H,4-33H2,1-3H3/q+1. The van der Waals surface area contributed by atoms with Crippen molar-refractivity contribution in [3.8, 4) is 0 Å². The number of hydrogen-bond acceptors (Lipinski definition) is 3. The summed E-state index contributed by atoms with van der Waals surface area (Å²) in [5, 5.41) is 9.55. The van der Waals surface area contributed by atoms with Gasteiger partial charge in [0.05, 0.1) is 26.5 Å². The molecule has 0 heterocycles. The van der Waals surface area contributed by atoms with Crippen LogP contribution in [0.25, 0.3) is 0 Å². The lowest BCUT2D eigenvalue weighted by Gasteiger charge is -2.28. The minimum absolute atomic E-state index is 0.00758. The van der Waals surface area contributed by atoms with E-state index in [0.717, 1.165) is 25.7 Å². The molecule has 0 unspecified atom stereocenters. The molecule has 232 valence electrons. The second kappa shape index (κ2) is 28.8. The number of carbonyl (C=O) groups is 2. The average molecular weight is 553 g/mol. The Labute approximate surface area is 244 Å². The zero-order valence-electron chi connectivity index (χ0n) is 26.9. The van der Waals surface area contributed by atoms with Crippen molar-refractivity contribution in [2.75, 3.05) is 20.2 Å². The first-order valence-corrected chi connectivity index (χ1v) is 17.6. The van der Waals surface area contributed by atoms with E-state index in [1.54, 1.807) is 7.05 Å². The van der Waals surface area contributed by atoms with Gasteiger partial charge in [0.25, 0.3) is 0 Å². The molecule has 4 nitrogen and oxygen atoms in total. The summed E-state index contributed by atoms with van der Waals surface area (Å²) in [6.45, 7) is 4.63. The van der Waals surface area contributed by atoms with Gasteiger partial charge in [0, 0.05) is 0 Å². The Bertz CT molecular complexity index is 506. The van der Waals surface area contributed by atoms with Crippen molar-refractivity contribution in [1.29, 1.82) is 0 Å². The minimum Gasteiger partial charge on any atom is -0.390 e. The van der Waals surface area contributed by atoms with Crippen LogP contribution in [0.5, 0.6) is 0 Å². The summed E-state index contributed by atoms with van der Waals surface area (Å²) in [4.78, 5) is 25.9. The smallest absolute Gasteiger partial charge is 0.320 e. The molecule has 0 aliphatic heterocycles. The summed E-state index contributed by atoms with van der Waals surface area (Å²) in [6, 6.07) is 0. The molecule has 0 aromatic rings. The van der Waals surface area contributed by atoms with E-state index in [-0.39, 0.29) is 29.4 Å². The third-order valence-corrected chi connectivity index (χ3v) is 8.64. The Morgan fingerprint density at radius 3 is 0.897 bits per heavy atom. The lowest BCUT2D eigenvalue weighted by atomic mass is 10.0. The topological polar surface area (TPSA) is 54.4 Å². The highest BCUT2D eigenvalue weighted by atomic mass is 16.3. The van der Waals surface area contributed by atoms with E-state index >= 15 is 0 Å². The Hall–Kier alpha value is -0.740. The van der Waals surface area contributed by atoms with Crippen molar-refractivity contribution in [2.24, 2.45) is 0 Å². The molecule has 0 aliphatic carbocycles. The number of quaternary nitrogens is 1. The molecule has 0 aliphatic rings. The van der Waals surface area contributed by atoms with Gasteiger partial charge in [-0.3, -0.25) is 0 Å². The maximum atomic E-state index is 13.0. The predicted octanol–water partition coefficient (Wildman–Crippen LogP) is 10.4. The van der Waals surface area contributed by atoms with Crippen molar-refractivity contribution in [2.45, 2.75) is 194 Å². The van der Waals surface area contributed by atoms with E-state index in [9.17, 15) is 14.7 Å². The highest BCUT2D eigenvalue weighted by Crippen LogP contribution is 2.18. The van der Waals surface area contributed by atoms with Gasteiger partial charge in [0.2, 0.25) is 0 Å². The molecule has 0 aromatic carbocycles. The molecule has 0 aromatic heterocycles.